The zero-order chi connectivity index (χ0) is 8.55. The first-order valence-corrected chi connectivity index (χ1v) is 4.86. The average molecular weight is 189 g/mol. The minimum Gasteiger partial charge on any atom is -0.310 e. The second-order valence-corrected chi connectivity index (χ2v) is 3.92. The summed E-state index contributed by atoms with van der Waals surface area (Å²) in [7, 11) is 0. The van der Waals surface area contributed by atoms with E-state index in [2.05, 4.69) is 10.6 Å². The molecule has 0 spiro atoms. The summed E-state index contributed by atoms with van der Waals surface area (Å²) in [6, 6.07) is 0.154. The van der Waals surface area contributed by atoms with Crippen LogP contribution in [0.3, 0.4) is 0 Å². The lowest BCUT2D eigenvalue weighted by Crippen LogP contribution is -2.59. The van der Waals surface area contributed by atoms with Gasteiger partial charge in [-0.3, -0.25) is 10.1 Å². The predicted octanol–water partition coefficient (Wildman–Crippen LogP) is 0.0918. The van der Waals surface area contributed by atoms with E-state index < -0.39 is 0 Å². The molecule has 2 heterocycles. The van der Waals surface area contributed by atoms with Crippen molar-refractivity contribution in [2.45, 2.75) is 24.4 Å². The zero-order valence-corrected chi connectivity index (χ0v) is 7.60. The van der Waals surface area contributed by atoms with Crippen molar-refractivity contribution in [1.82, 2.24) is 10.6 Å². The van der Waals surface area contributed by atoms with Crippen molar-refractivity contribution in [2.75, 3.05) is 13.1 Å². The number of fused-ring (bicyclic) bond motifs is 1. The number of ketones is 1. The smallest absolute Gasteiger partial charge is 0.138 e. The fourth-order valence-corrected chi connectivity index (χ4v) is 2.42. The summed E-state index contributed by atoms with van der Waals surface area (Å²) < 4.78 is 0. The number of nitrogens with one attached hydrogen (secondary N) is 2. The Hall–Kier alpha value is -0.120. The number of alkyl halides is 1. The van der Waals surface area contributed by atoms with Crippen molar-refractivity contribution >= 4 is 17.4 Å². The molecule has 0 bridgehead atoms. The topological polar surface area (TPSA) is 41.1 Å². The van der Waals surface area contributed by atoms with E-state index >= 15 is 0 Å². The molecule has 2 aliphatic rings. The van der Waals surface area contributed by atoms with Crippen molar-refractivity contribution in [3.63, 3.8) is 0 Å². The first kappa shape index (κ1) is 8.48. The molecule has 0 aromatic rings. The van der Waals surface area contributed by atoms with Crippen LogP contribution in [-0.4, -0.2) is 30.4 Å². The van der Waals surface area contributed by atoms with Gasteiger partial charge in [0.25, 0.3) is 0 Å². The number of carbonyl (C=O) groups is 1. The maximum Gasteiger partial charge on any atom is 0.138 e. The summed E-state index contributed by atoms with van der Waals surface area (Å²) in [5.41, 5.74) is -0.0759. The molecule has 2 aliphatic heterocycles. The average Bonchev–Trinajstić information content (AvgIpc) is 2.07. The van der Waals surface area contributed by atoms with Crippen LogP contribution in [0.2, 0.25) is 0 Å². The lowest BCUT2D eigenvalue weighted by atomic mass is 9.84. The van der Waals surface area contributed by atoms with E-state index in [4.69, 9.17) is 11.6 Å². The van der Waals surface area contributed by atoms with Gasteiger partial charge in [0.1, 0.15) is 5.78 Å². The highest BCUT2D eigenvalue weighted by atomic mass is 35.5. The molecule has 3 unspecified atom stereocenters. The van der Waals surface area contributed by atoms with Gasteiger partial charge < -0.3 is 5.32 Å². The Kier molecular flexibility index (Phi) is 2.35. The van der Waals surface area contributed by atoms with Gasteiger partial charge >= 0.3 is 0 Å². The van der Waals surface area contributed by atoms with Crippen LogP contribution in [0.4, 0.5) is 0 Å². The number of piperidine rings is 2. The summed E-state index contributed by atoms with van der Waals surface area (Å²) in [4.78, 5) is 11.4. The van der Waals surface area contributed by atoms with Gasteiger partial charge in [-0.25, -0.2) is 0 Å². The second kappa shape index (κ2) is 3.32. The van der Waals surface area contributed by atoms with Gasteiger partial charge in [-0.05, 0) is 13.0 Å². The molecule has 2 fully saturated rings. The molecule has 0 aliphatic carbocycles. The SMILES string of the molecule is O=C1CCNC2C(Cl)NCCC12. The standard InChI is InChI=1S/C8H13ClN2O/c9-8-7-5(1-3-11-8)6(12)2-4-10-7/h5,7-8,10-11H,1-4H2. The summed E-state index contributed by atoms with van der Waals surface area (Å²) in [5.74, 6) is 0.536. The van der Waals surface area contributed by atoms with Gasteiger partial charge in [0, 0.05) is 24.9 Å². The first-order chi connectivity index (χ1) is 5.79. The Morgan fingerprint density at radius 1 is 1.33 bits per heavy atom. The number of Topliss-reactive ketones (excluding diaryl/α,β-unsaturated/α-hetero) is 1. The lowest BCUT2D eigenvalue weighted by Gasteiger charge is -2.38. The number of rotatable bonds is 0. The number of hydrogen-bond acceptors (Lipinski definition) is 3. The Morgan fingerprint density at radius 3 is 2.92 bits per heavy atom. The molecule has 68 valence electrons. The normalized spacial score (nSPS) is 42.4. The first-order valence-electron chi connectivity index (χ1n) is 4.42. The molecular weight excluding hydrogens is 176 g/mol. The second-order valence-electron chi connectivity index (χ2n) is 3.45. The van der Waals surface area contributed by atoms with Crippen LogP contribution >= 0.6 is 11.6 Å². The fourth-order valence-electron chi connectivity index (χ4n) is 2.04. The van der Waals surface area contributed by atoms with Crippen molar-refractivity contribution in [3.05, 3.63) is 0 Å². The number of carbonyl (C=O) groups excluding carboxylic acids is 1. The highest BCUT2D eigenvalue weighted by Gasteiger charge is 2.38. The van der Waals surface area contributed by atoms with Crippen LogP contribution < -0.4 is 10.6 Å². The van der Waals surface area contributed by atoms with Gasteiger partial charge in [-0.15, -0.1) is 11.6 Å². The van der Waals surface area contributed by atoms with Gasteiger partial charge in [0.15, 0.2) is 0 Å². The molecule has 12 heavy (non-hydrogen) atoms. The maximum atomic E-state index is 11.4. The molecule has 3 atom stereocenters. The molecule has 3 nitrogen and oxygen atoms in total. The molecule has 0 saturated carbocycles. The predicted molar refractivity (Wildman–Crippen MR) is 47.2 cm³/mol. The van der Waals surface area contributed by atoms with Crippen LogP contribution in [0.25, 0.3) is 0 Å². The van der Waals surface area contributed by atoms with E-state index in [0.29, 0.717) is 12.2 Å². The van der Waals surface area contributed by atoms with E-state index in [1.165, 1.54) is 0 Å². The Morgan fingerprint density at radius 2 is 2.17 bits per heavy atom. The van der Waals surface area contributed by atoms with Gasteiger partial charge in [-0.2, -0.15) is 0 Å². The highest BCUT2D eigenvalue weighted by molar-refractivity contribution is 6.21. The van der Waals surface area contributed by atoms with Crippen molar-refractivity contribution < 1.29 is 4.79 Å². The van der Waals surface area contributed by atoms with Gasteiger partial charge in [0.05, 0.1) is 5.50 Å². The largest absolute Gasteiger partial charge is 0.310 e. The molecule has 0 aromatic heterocycles. The number of hydrogen-bond donors (Lipinski definition) is 2. The molecular formula is C8H13ClN2O. The van der Waals surface area contributed by atoms with E-state index in [1.54, 1.807) is 0 Å². The Labute approximate surface area is 76.8 Å². The minimum atomic E-state index is -0.0759. The third-order valence-electron chi connectivity index (χ3n) is 2.71. The summed E-state index contributed by atoms with van der Waals surface area (Å²) in [5, 5.41) is 6.44. The van der Waals surface area contributed by atoms with Crippen molar-refractivity contribution in [1.29, 1.82) is 0 Å². The van der Waals surface area contributed by atoms with Crippen LogP contribution in [0.5, 0.6) is 0 Å². The quantitative estimate of drug-likeness (QED) is 0.418. The fraction of sp³-hybridized carbons (Fsp3) is 0.875. The third kappa shape index (κ3) is 1.37. The Bertz CT molecular complexity index is 197. The lowest BCUT2D eigenvalue weighted by molar-refractivity contribution is -0.126. The van der Waals surface area contributed by atoms with Crippen molar-refractivity contribution in [2.24, 2.45) is 5.92 Å². The minimum absolute atomic E-state index is 0.0759. The van der Waals surface area contributed by atoms with Crippen LogP contribution in [0.1, 0.15) is 12.8 Å². The van der Waals surface area contributed by atoms with Crippen LogP contribution in [0, 0.1) is 5.92 Å². The van der Waals surface area contributed by atoms with E-state index in [0.717, 1.165) is 19.5 Å². The molecule has 0 radical (unpaired) electrons. The summed E-state index contributed by atoms with van der Waals surface area (Å²) in [6.07, 6.45) is 1.60. The van der Waals surface area contributed by atoms with E-state index in [1.807, 2.05) is 0 Å². The van der Waals surface area contributed by atoms with Crippen molar-refractivity contribution in [3.8, 4) is 0 Å². The van der Waals surface area contributed by atoms with Crippen LogP contribution in [-0.2, 0) is 4.79 Å². The molecule has 2 N–H and O–H groups in total. The monoisotopic (exact) mass is 188 g/mol. The molecule has 2 saturated heterocycles. The van der Waals surface area contributed by atoms with Gasteiger partial charge in [-0.1, -0.05) is 0 Å². The molecule has 2 rings (SSSR count). The zero-order valence-electron chi connectivity index (χ0n) is 6.85. The highest BCUT2D eigenvalue weighted by Crippen LogP contribution is 2.24. The van der Waals surface area contributed by atoms with Crippen LogP contribution in [0.15, 0.2) is 0 Å². The van der Waals surface area contributed by atoms with E-state index in [9.17, 15) is 4.79 Å². The third-order valence-corrected chi connectivity index (χ3v) is 3.13. The molecule has 0 aromatic carbocycles. The van der Waals surface area contributed by atoms with E-state index in [-0.39, 0.29) is 17.5 Å². The molecule has 4 heteroatoms. The maximum absolute atomic E-state index is 11.4. The Balaban J connectivity index is 2.10. The number of halogens is 1. The summed E-state index contributed by atoms with van der Waals surface area (Å²) >= 11 is 6.03. The molecule has 0 amide bonds. The summed E-state index contributed by atoms with van der Waals surface area (Å²) in [6.45, 7) is 1.65. The van der Waals surface area contributed by atoms with Gasteiger partial charge in [0.2, 0.25) is 0 Å².